The number of benzene rings is 3. The molecule has 0 saturated heterocycles. The molecule has 0 bridgehead atoms. The molecule has 1 heterocycles. The predicted molar refractivity (Wildman–Crippen MR) is 117 cm³/mol. The average molecular weight is 401 g/mol. The Bertz CT molecular complexity index is 1300. The number of para-hydroxylation sites is 1. The summed E-state index contributed by atoms with van der Waals surface area (Å²) in [5.74, 6) is -0.328. The Labute approximate surface area is 169 Å². The molecule has 0 aliphatic heterocycles. The molecule has 1 amide bonds. The largest absolute Gasteiger partial charge is 0.320 e. The van der Waals surface area contributed by atoms with E-state index in [9.17, 15) is 9.00 Å². The second kappa shape index (κ2) is 7.85. The highest BCUT2D eigenvalue weighted by Crippen LogP contribution is 2.26. The topological polar surface area (TPSA) is 71.4 Å². The van der Waals surface area contributed by atoms with Gasteiger partial charge >= 0.3 is 0 Å². The Morgan fingerprint density at radius 2 is 1.62 bits per heavy atom. The number of nitrogens with one attached hydrogen (secondary N) is 1. The molecule has 29 heavy (non-hydrogen) atoms. The fourth-order valence-electron chi connectivity index (χ4n) is 3.05. The third-order valence-electron chi connectivity index (χ3n) is 4.48. The van der Waals surface area contributed by atoms with Crippen molar-refractivity contribution in [3.63, 3.8) is 0 Å². The van der Waals surface area contributed by atoms with Gasteiger partial charge in [-0.3, -0.25) is 9.78 Å². The molecular formula is C23H19N3O2S. The molecular weight excluding hydrogens is 382 g/mol. The van der Waals surface area contributed by atoms with E-state index < -0.39 is 9.73 Å². The van der Waals surface area contributed by atoms with Gasteiger partial charge in [0.15, 0.2) is 0 Å². The van der Waals surface area contributed by atoms with E-state index in [0.717, 1.165) is 5.39 Å². The lowest BCUT2D eigenvalue weighted by Crippen LogP contribution is -2.13. The summed E-state index contributed by atoms with van der Waals surface area (Å²) in [4.78, 5) is 18.0. The van der Waals surface area contributed by atoms with Crippen molar-refractivity contribution in [1.82, 2.24) is 4.98 Å². The van der Waals surface area contributed by atoms with Crippen LogP contribution in [0.15, 0.2) is 100 Å². The van der Waals surface area contributed by atoms with Crippen molar-refractivity contribution in [2.75, 3.05) is 11.6 Å². The molecule has 1 unspecified atom stereocenters. The second-order valence-corrected chi connectivity index (χ2v) is 8.82. The molecule has 0 aliphatic rings. The molecule has 0 radical (unpaired) electrons. The average Bonchev–Trinajstić information content (AvgIpc) is 2.75. The van der Waals surface area contributed by atoms with E-state index in [1.54, 1.807) is 54.9 Å². The van der Waals surface area contributed by atoms with Gasteiger partial charge in [0.25, 0.3) is 5.91 Å². The summed E-state index contributed by atoms with van der Waals surface area (Å²) < 4.78 is 17.6. The molecule has 0 fully saturated rings. The van der Waals surface area contributed by atoms with Crippen LogP contribution in [0.25, 0.3) is 10.9 Å². The molecule has 4 aromatic rings. The Morgan fingerprint density at radius 1 is 0.897 bits per heavy atom. The van der Waals surface area contributed by atoms with Crippen LogP contribution in [0.4, 0.5) is 11.4 Å². The molecule has 0 saturated carbocycles. The summed E-state index contributed by atoms with van der Waals surface area (Å²) in [6.45, 7) is 0. The number of pyridine rings is 1. The van der Waals surface area contributed by atoms with Crippen LogP contribution in [-0.2, 0) is 9.73 Å². The van der Waals surface area contributed by atoms with Crippen LogP contribution < -0.4 is 5.32 Å². The molecule has 144 valence electrons. The number of anilines is 1. The zero-order valence-electron chi connectivity index (χ0n) is 15.8. The first-order chi connectivity index (χ1) is 14.0. The molecule has 1 atom stereocenters. The first-order valence-electron chi connectivity index (χ1n) is 9.06. The van der Waals surface area contributed by atoms with E-state index >= 15 is 0 Å². The third kappa shape index (κ3) is 4.02. The monoisotopic (exact) mass is 401 g/mol. The van der Waals surface area contributed by atoms with Crippen molar-refractivity contribution in [3.05, 3.63) is 96.7 Å². The number of rotatable bonds is 4. The van der Waals surface area contributed by atoms with Crippen LogP contribution >= 0.6 is 0 Å². The third-order valence-corrected chi connectivity index (χ3v) is 6.17. The number of hydrogen-bond donors (Lipinski definition) is 1. The van der Waals surface area contributed by atoms with Gasteiger partial charge in [-0.1, -0.05) is 48.5 Å². The van der Waals surface area contributed by atoms with Crippen LogP contribution in [0.5, 0.6) is 0 Å². The Balaban J connectivity index is 1.73. The van der Waals surface area contributed by atoms with Crippen molar-refractivity contribution in [1.29, 1.82) is 0 Å². The Kier molecular flexibility index (Phi) is 5.10. The molecule has 1 N–H and O–H groups in total. The van der Waals surface area contributed by atoms with Crippen LogP contribution in [-0.4, -0.2) is 21.4 Å². The first kappa shape index (κ1) is 18.8. The SMILES string of the molecule is CS(=O)(=Nc1ccccc1C(=O)Nc1cccc2cccnc12)c1ccccc1. The predicted octanol–water partition coefficient (Wildman–Crippen LogP) is 5.28. The number of carbonyl (C=O) groups is 1. The van der Waals surface area contributed by atoms with Crippen LogP contribution in [0.3, 0.4) is 0 Å². The lowest BCUT2D eigenvalue weighted by Gasteiger charge is -2.11. The first-order valence-corrected chi connectivity index (χ1v) is 11.0. The number of fused-ring (bicyclic) bond motifs is 1. The van der Waals surface area contributed by atoms with Gasteiger partial charge < -0.3 is 5.32 Å². The fourth-order valence-corrected chi connectivity index (χ4v) is 4.36. The smallest absolute Gasteiger partial charge is 0.257 e. The standard InChI is InChI=1S/C23H19N3O2S/c1-29(28,18-11-3-2-4-12-18)26-20-14-6-5-13-19(20)23(27)25-21-15-7-9-17-10-8-16-24-22(17)21/h2-16H,1H3,(H,25,27). The van der Waals surface area contributed by atoms with Crippen LogP contribution in [0.1, 0.15) is 10.4 Å². The van der Waals surface area contributed by atoms with E-state index in [2.05, 4.69) is 14.7 Å². The zero-order chi connectivity index (χ0) is 20.3. The van der Waals surface area contributed by atoms with Gasteiger partial charge in [-0.2, -0.15) is 4.36 Å². The summed E-state index contributed by atoms with van der Waals surface area (Å²) in [7, 11) is -2.69. The fraction of sp³-hybridized carbons (Fsp3) is 0.0435. The maximum absolute atomic E-state index is 13.2. The van der Waals surface area contributed by atoms with Gasteiger partial charge in [0, 0.05) is 22.7 Å². The lowest BCUT2D eigenvalue weighted by atomic mass is 10.1. The molecule has 0 aliphatic carbocycles. The van der Waals surface area contributed by atoms with Gasteiger partial charge in [-0.25, -0.2) is 4.21 Å². The molecule has 3 aromatic carbocycles. The van der Waals surface area contributed by atoms with Crippen LogP contribution in [0.2, 0.25) is 0 Å². The molecule has 6 heteroatoms. The maximum Gasteiger partial charge on any atom is 0.257 e. The van der Waals surface area contributed by atoms with E-state index in [1.165, 1.54) is 0 Å². The Hall–Kier alpha value is -3.51. The minimum absolute atomic E-state index is 0.328. The van der Waals surface area contributed by atoms with Gasteiger partial charge in [-0.05, 0) is 36.4 Å². The number of amides is 1. The summed E-state index contributed by atoms with van der Waals surface area (Å²) in [5, 5.41) is 3.85. The van der Waals surface area contributed by atoms with Crippen molar-refractivity contribution < 1.29 is 9.00 Å². The van der Waals surface area contributed by atoms with Crippen molar-refractivity contribution in [2.24, 2.45) is 4.36 Å². The number of carbonyl (C=O) groups excluding carboxylic acids is 1. The summed E-state index contributed by atoms with van der Waals surface area (Å²) in [6.07, 6.45) is 3.26. The van der Waals surface area contributed by atoms with Gasteiger partial charge in [0.2, 0.25) is 0 Å². The number of aromatic nitrogens is 1. The summed E-state index contributed by atoms with van der Waals surface area (Å²) >= 11 is 0. The number of hydrogen-bond acceptors (Lipinski definition) is 4. The summed E-state index contributed by atoms with van der Waals surface area (Å²) in [5.41, 5.74) is 2.06. The van der Waals surface area contributed by atoms with Gasteiger partial charge in [0.1, 0.15) is 0 Å². The van der Waals surface area contributed by atoms with E-state index in [0.29, 0.717) is 27.4 Å². The Morgan fingerprint density at radius 3 is 2.45 bits per heavy atom. The second-order valence-electron chi connectivity index (χ2n) is 6.56. The van der Waals surface area contributed by atoms with Gasteiger partial charge in [0.05, 0.1) is 32.2 Å². The van der Waals surface area contributed by atoms with Crippen molar-refractivity contribution in [2.45, 2.75) is 4.90 Å². The van der Waals surface area contributed by atoms with Gasteiger partial charge in [-0.15, -0.1) is 0 Å². The highest BCUT2D eigenvalue weighted by molar-refractivity contribution is 7.93. The van der Waals surface area contributed by atoms with E-state index in [4.69, 9.17) is 0 Å². The summed E-state index contributed by atoms with van der Waals surface area (Å²) in [6, 6.07) is 25.3. The number of nitrogens with zero attached hydrogens (tertiary/aromatic N) is 2. The highest BCUT2D eigenvalue weighted by atomic mass is 32.2. The van der Waals surface area contributed by atoms with Crippen molar-refractivity contribution >= 4 is 37.9 Å². The lowest BCUT2D eigenvalue weighted by molar-refractivity contribution is 0.102. The normalized spacial score (nSPS) is 12.9. The van der Waals surface area contributed by atoms with E-state index in [1.807, 2.05) is 42.5 Å². The van der Waals surface area contributed by atoms with Crippen LogP contribution in [0, 0.1) is 0 Å². The molecule has 4 rings (SSSR count). The zero-order valence-corrected chi connectivity index (χ0v) is 16.6. The minimum Gasteiger partial charge on any atom is -0.320 e. The highest BCUT2D eigenvalue weighted by Gasteiger charge is 2.15. The molecule has 0 spiro atoms. The van der Waals surface area contributed by atoms with Crippen molar-refractivity contribution in [3.8, 4) is 0 Å². The molecule has 5 nitrogen and oxygen atoms in total. The minimum atomic E-state index is -2.69. The van der Waals surface area contributed by atoms with E-state index in [-0.39, 0.29) is 5.91 Å². The quantitative estimate of drug-likeness (QED) is 0.506. The maximum atomic E-state index is 13.2. The molecule has 1 aromatic heterocycles.